The first-order valence-corrected chi connectivity index (χ1v) is 17.1. The second kappa shape index (κ2) is 15.8. The first-order valence-electron chi connectivity index (χ1n) is 16.4. The number of rotatable bonds is 10. The number of amides is 3. The number of aliphatic imine (C=N–C) groups is 1. The molecule has 49 heavy (non-hydrogen) atoms. The lowest BCUT2D eigenvalue weighted by Crippen LogP contribution is -2.55. The predicted molar refractivity (Wildman–Crippen MR) is 185 cm³/mol. The van der Waals surface area contributed by atoms with Gasteiger partial charge in [0.1, 0.15) is 24.2 Å². The lowest BCUT2D eigenvalue weighted by atomic mass is 9.93. The molecule has 3 amide bonds. The summed E-state index contributed by atoms with van der Waals surface area (Å²) in [5.74, 6) is -0.0392. The summed E-state index contributed by atoms with van der Waals surface area (Å²) >= 11 is 12.5. The van der Waals surface area contributed by atoms with Crippen LogP contribution in [0.25, 0.3) is 0 Å². The summed E-state index contributed by atoms with van der Waals surface area (Å²) < 4.78 is 47.4. The number of hydrogen-bond donors (Lipinski definition) is 2. The smallest absolute Gasteiger partial charge is 0.416 e. The minimum absolute atomic E-state index is 0.0661. The van der Waals surface area contributed by atoms with Crippen LogP contribution in [-0.4, -0.2) is 66.4 Å². The molecule has 0 aromatic heterocycles. The third kappa shape index (κ3) is 8.69. The van der Waals surface area contributed by atoms with E-state index in [1.165, 1.54) is 11.0 Å². The number of ether oxygens (including phenoxy) is 1. The summed E-state index contributed by atoms with van der Waals surface area (Å²) in [6.45, 7) is 7.27. The van der Waals surface area contributed by atoms with Gasteiger partial charge in [0, 0.05) is 22.6 Å². The molecule has 5 rings (SSSR count). The first kappa shape index (κ1) is 36.5. The second-order valence-electron chi connectivity index (χ2n) is 12.5. The molecule has 2 N–H and O–H groups in total. The predicted octanol–water partition coefficient (Wildman–Crippen LogP) is 7.90. The number of amidine groups is 1. The third-order valence-electron chi connectivity index (χ3n) is 8.56. The molecule has 3 aromatic carbocycles. The molecule has 2 unspecified atom stereocenters. The van der Waals surface area contributed by atoms with E-state index in [-0.39, 0.29) is 48.2 Å². The van der Waals surface area contributed by atoms with Crippen molar-refractivity contribution in [1.82, 2.24) is 20.4 Å². The van der Waals surface area contributed by atoms with Gasteiger partial charge < -0.3 is 20.3 Å². The summed E-state index contributed by atoms with van der Waals surface area (Å²) in [6.07, 6.45) is -3.40. The molecule has 0 radical (unpaired) electrons. The molecule has 2 heterocycles. The van der Waals surface area contributed by atoms with Crippen LogP contribution in [0.3, 0.4) is 0 Å². The van der Waals surface area contributed by atoms with E-state index in [0.29, 0.717) is 48.1 Å². The molecular weight excluding hydrogens is 678 g/mol. The Hall–Kier alpha value is -3.80. The van der Waals surface area contributed by atoms with Gasteiger partial charge in [0.25, 0.3) is 0 Å². The summed E-state index contributed by atoms with van der Waals surface area (Å²) in [5.41, 5.74) is 0.743. The number of nitrogens with zero attached hydrogens (tertiary/aromatic N) is 3. The van der Waals surface area contributed by atoms with Crippen LogP contribution >= 0.6 is 23.2 Å². The fourth-order valence-electron chi connectivity index (χ4n) is 6.15. The molecule has 2 atom stereocenters. The van der Waals surface area contributed by atoms with Crippen LogP contribution in [0.5, 0.6) is 5.75 Å². The first-order chi connectivity index (χ1) is 23.4. The van der Waals surface area contributed by atoms with Crippen molar-refractivity contribution in [3.05, 3.63) is 99.0 Å². The number of benzene rings is 3. The molecule has 2 aliphatic rings. The van der Waals surface area contributed by atoms with Gasteiger partial charge in [0.05, 0.1) is 23.8 Å². The highest BCUT2D eigenvalue weighted by Gasteiger charge is 2.46. The molecular formula is C36H40Cl2F3N5O3. The molecule has 1 saturated heterocycles. The molecule has 262 valence electrons. The quantitative estimate of drug-likeness (QED) is 0.223. The molecule has 0 saturated carbocycles. The normalized spacial score (nSPS) is 18.4. The average Bonchev–Trinajstić information content (AvgIpc) is 3.47. The number of hydrogen-bond acceptors (Lipinski definition) is 5. The molecule has 0 bridgehead atoms. The maximum absolute atomic E-state index is 15.2. The van der Waals surface area contributed by atoms with Crippen LogP contribution in [0.15, 0.2) is 71.7 Å². The van der Waals surface area contributed by atoms with E-state index >= 15 is 4.79 Å². The van der Waals surface area contributed by atoms with Crippen molar-refractivity contribution in [3.8, 4) is 5.75 Å². The van der Waals surface area contributed by atoms with Gasteiger partial charge >= 0.3 is 12.2 Å². The Bertz CT molecular complexity index is 1650. The van der Waals surface area contributed by atoms with E-state index in [9.17, 15) is 18.0 Å². The highest BCUT2D eigenvalue weighted by Crippen LogP contribution is 2.46. The number of piperidine rings is 1. The van der Waals surface area contributed by atoms with Crippen LogP contribution in [0.2, 0.25) is 10.0 Å². The molecule has 0 aliphatic carbocycles. The van der Waals surface area contributed by atoms with Crippen molar-refractivity contribution in [3.63, 3.8) is 0 Å². The number of carbonyl (C=O) groups excluding carboxylic acids is 2. The zero-order chi connectivity index (χ0) is 35.3. The van der Waals surface area contributed by atoms with Crippen molar-refractivity contribution >= 4 is 41.0 Å². The molecule has 3 aromatic rings. The fraction of sp³-hybridized carbons (Fsp3) is 0.417. The zero-order valence-electron chi connectivity index (χ0n) is 27.6. The van der Waals surface area contributed by atoms with Crippen LogP contribution in [0.1, 0.15) is 68.0 Å². The molecule has 13 heteroatoms. The maximum atomic E-state index is 15.2. The van der Waals surface area contributed by atoms with E-state index in [1.807, 2.05) is 26.0 Å². The van der Waals surface area contributed by atoms with Crippen molar-refractivity contribution in [2.75, 3.05) is 32.8 Å². The van der Waals surface area contributed by atoms with Crippen LogP contribution in [-0.2, 0) is 11.0 Å². The molecule has 1 fully saturated rings. The zero-order valence-corrected chi connectivity index (χ0v) is 29.1. The monoisotopic (exact) mass is 717 g/mol. The standard InChI is InChI=1S/C36H40Cl2F3N5O3/c1-4-49-30-19-25(36(39,40)41)9-14-29(30)34-44-32(23-5-10-26(37)11-6-23)33(24-7-12-27(38)13-8-24)46(34)35(48)45(28-15-17-42-18-16-28)21-31(47)43-20-22(2)3/h5-14,19,22,28,32-33,42H,4,15-18,20-21H2,1-3H3,(H,43,47). The number of alkyl halides is 3. The van der Waals surface area contributed by atoms with Crippen molar-refractivity contribution in [2.24, 2.45) is 10.9 Å². The van der Waals surface area contributed by atoms with E-state index in [1.54, 1.807) is 48.2 Å². The number of halogens is 5. The minimum atomic E-state index is -4.62. The largest absolute Gasteiger partial charge is 0.493 e. The molecule has 8 nitrogen and oxygen atoms in total. The number of nitrogens with one attached hydrogen (secondary N) is 2. The Kier molecular flexibility index (Phi) is 11.8. The van der Waals surface area contributed by atoms with Crippen molar-refractivity contribution in [1.29, 1.82) is 0 Å². The van der Waals surface area contributed by atoms with Crippen LogP contribution in [0.4, 0.5) is 18.0 Å². The highest BCUT2D eigenvalue weighted by molar-refractivity contribution is 6.30. The minimum Gasteiger partial charge on any atom is -0.493 e. The molecule has 2 aliphatic heterocycles. The summed E-state index contributed by atoms with van der Waals surface area (Å²) in [4.78, 5) is 36.7. The Morgan fingerprint density at radius 1 is 1.00 bits per heavy atom. The Morgan fingerprint density at radius 3 is 2.18 bits per heavy atom. The Labute approximate surface area is 294 Å². The van der Waals surface area contributed by atoms with Crippen LogP contribution in [0, 0.1) is 5.92 Å². The lowest BCUT2D eigenvalue weighted by molar-refractivity contribution is -0.137. The van der Waals surface area contributed by atoms with Crippen molar-refractivity contribution < 1.29 is 27.5 Å². The van der Waals surface area contributed by atoms with Crippen molar-refractivity contribution in [2.45, 2.75) is 57.9 Å². The second-order valence-corrected chi connectivity index (χ2v) is 13.4. The molecule has 0 spiro atoms. The van der Waals surface area contributed by atoms with E-state index in [4.69, 9.17) is 32.9 Å². The van der Waals surface area contributed by atoms with Crippen LogP contribution < -0.4 is 15.4 Å². The lowest BCUT2D eigenvalue weighted by Gasteiger charge is -2.39. The topological polar surface area (TPSA) is 86.3 Å². The number of urea groups is 1. The fourth-order valence-corrected chi connectivity index (χ4v) is 6.40. The number of carbonyl (C=O) groups is 2. The van der Waals surface area contributed by atoms with E-state index in [2.05, 4.69) is 10.6 Å². The summed E-state index contributed by atoms with van der Waals surface area (Å²) in [5, 5.41) is 7.23. The van der Waals surface area contributed by atoms with Gasteiger partial charge in [0.2, 0.25) is 5.91 Å². The average molecular weight is 719 g/mol. The maximum Gasteiger partial charge on any atom is 0.416 e. The van der Waals surface area contributed by atoms with Gasteiger partial charge in [-0.1, -0.05) is 61.3 Å². The summed E-state index contributed by atoms with van der Waals surface area (Å²) in [6, 6.07) is 15.0. The Morgan fingerprint density at radius 2 is 1.61 bits per heavy atom. The van der Waals surface area contributed by atoms with Gasteiger partial charge in [-0.05, 0) is 92.4 Å². The highest BCUT2D eigenvalue weighted by atomic mass is 35.5. The SMILES string of the molecule is CCOc1cc(C(F)(F)F)ccc1C1=NC(c2ccc(Cl)cc2)C(c2ccc(Cl)cc2)N1C(=O)N(CC(=O)NCC(C)C)C1CCNCC1. The Balaban J connectivity index is 1.70. The van der Waals surface area contributed by atoms with Gasteiger partial charge in [0.15, 0.2) is 0 Å². The van der Waals surface area contributed by atoms with Gasteiger partial charge in [-0.2, -0.15) is 13.2 Å². The van der Waals surface area contributed by atoms with Gasteiger partial charge in [-0.15, -0.1) is 0 Å². The van der Waals surface area contributed by atoms with Gasteiger partial charge in [-0.3, -0.25) is 14.7 Å². The van der Waals surface area contributed by atoms with E-state index in [0.717, 1.165) is 17.7 Å². The van der Waals surface area contributed by atoms with E-state index < -0.39 is 29.9 Å². The van der Waals surface area contributed by atoms with Gasteiger partial charge in [-0.25, -0.2) is 4.79 Å². The summed E-state index contributed by atoms with van der Waals surface area (Å²) in [7, 11) is 0. The third-order valence-corrected chi connectivity index (χ3v) is 9.07.